The Labute approximate surface area is 181 Å². The predicted molar refractivity (Wildman–Crippen MR) is 119 cm³/mol. The lowest BCUT2D eigenvalue weighted by Crippen LogP contribution is -2.27. The zero-order valence-electron chi connectivity index (χ0n) is 17.3. The Morgan fingerprint density at radius 3 is 2.52 bits per heavy atom. The monoisotopic (exact) mass is 437 g/mol. The van der Waals surface area contributed by atoms with E-state index in [1.165, 1.54) is 11.3 Å². The van der Waals surface area contributed by atoms with Gasteiger partial charge in [-0.15, -0.1) is 0 Å². The number of amides is 1. The molecule has 1 aliphatic heterocycles. The summed E-state index contributed by atoms with van der Waals surface area (Å²) in [6, 6.07) is 18.0. The molecule has 0 aliphatic carbocycles. The van der Waals surface area contributed by atoms with Crippen molar-refractivity contribution in [3.05, 3.63) is 89.4 Å². The van der Waals surface area contributed by atoms with Crippen molar-refractivity contribution in [3.8, 4) is 0 Å². The molecule has 1 atom stereocenters. The molecule has 160 valence electrons. The van der Waals surface area contributed by atoms with Crippen LogP contribution in [0.15, 0.2) is 76.4 Å². The van der Waals surface area contributed by atoms with Crippen molar-refractivity contribution in [3.63, 3.8) is 0 Å². The van der Waals surface area contributed by atoms with Gasteiger partial charge in [0.2, 0.25) is 10.0 Å². The maximum Gasteiger partial charge on any atom is 0.310 e. The zero-order chi connectivity index (χ0) is 22.0. The fourth-order valence-corrected chi connectivity index (χ4v) is 4.21. The number of carbonyl (C=O) groups is 1. The van der Waals surface area contributed by atoms with E-state index in [-0.39, 0.29) is 23.5 Å². The van der Waals surface area contributed by atoms with Crippen LogP contribution in [-0.4, -0.2) is 30.8 Å². The molecular weight excluding hydrogens is 414 g/mol. The second-order valence-corrected chi connectivity index (χ2v) is 9.34. The van der Waals surface area contributed by atoms with Gasteiger partial charge in [0.25, 0.3) is 0 Å². The maximum absolute atomic E-state index is 13.1. The predicted octanol–water partition coefficient (Wildman–Crippen LogP) is 4.34. The number of anilines is 1. The molecule has 4 rings (SSSR count). The summed E-state index contributed by atoms with van der Waals surface area (Å²) in [6.45, 7) is 3.60. The van der Waals surface area contributed by atoms with Crippen LogP contribution in [0.5, 0.6) is 0 Å². The Balaban J connectivity index is 1.66. The van der Waals surface area contributed by atoms with E-state index in [2.05, 4.69) is 9.82 Å². The van der Waals surface area contributed by atoms with Crippen LogP contribution in [0.2, 0.25) is 0 Å². The van der Waals surface area contributed by atoms with Crippen LogP contribution in [0.1, 0.15) is 46.6 Å². The van der Waals surface area contributed by atoms with Crippen molar-refractivity contribution in [2.45, 2.75) is 26.3 Å². The molecule has 1 amide bonds. The standard InChI is InChI=1S/C23H23N3O4S/c1-3-31(28,29)25-18-12-10-17(11-13-18)20-15-21(19-8-5-4-7-16(19)2)26(24-20)23(27)22-9-6-14-30-22/h4-14,21,25H,3,15H2,1-2H3. The van der Waals surface area contributed by atoms with Crippen LogP contribution in [-0.2, 0) is 10.0 Å². The van der Waals surface area contributed by atoms with Gasteiger partial charge < -0.3 is 4.42 Å². The van der Waals surface area contributed by atoms with E-state index in [0.717, 1.165) is 22.4 Å². The number of aryl methyl sites for hydroxylation is 1. The highest BCUT2D eigenvalue weighted by molar-refractivity contribution is 7.92. The van der Waals surface area contributed by atoms with E-state index in [4.69, 9.17) is 4.42 Å². The van der Waals surface area contributed by atoms with E-state index in [9.17, 15) is 13.2 Å². The van der Waals surface area contributed by atoms with Crippen molar-refractivity contribution < 1.29 is 17.6 Å². The number of nitrogens with one attached hydrogen (secondary N) is 1. The van der Waals surface area contributed by atoms with E-state index < -0.39 is 10.0 Å². The Morgan fingerprint density at radius 2 is 1.87 bits per heavy atom. The summed E-state index contributed by atoms with van der Waals surface area (Å²) in [5, 5.41) is 6.11. The molecule has 2 heterocycles. The number of furan rings is 1. The number of hydrogen-bond acceptors (Lipinski definition) is 5. The first kappa shape index (κ1) is 20.9. The summed E-state index contributed by atoms with van der Waals surface area (Å²) in [5.74, 6) is -0.0721. The second kappa shape index (κ2) is 8.39. The third-order valence-corrected chi connectivity index (χ3v) is 6.58. The van der Waals surface area contributed by atoms with E-state index in [1.54, 1.807) is 31.2 Å². The van der Waals surface area contributed by atoms with Crippen LogP contribution in [0, 0.1) is 6.92 Å². The summed E-state index contributed by atoms with van der Waals surface area (Å²) in [7, 11) is -3.34. The number of sulfonamides is 1. The fourth-order valence-electron chi connectivity index (χ4n) is 3.57. The first-order chi connectivity index (χ1) is 14.9. The minimum atomic E-state index is -3.34. The lowest BCUT2D eigenvalue weighted by atomic mass is 9.95. The largest absolute Gasteiger partial charge is 0.459 e. The van der Waals surface area contributed by atoms with Gasteiger partial charge in [0.05, 0.1) is 23.8 Å². The summed E-state index contributed by atoms with van der Waals surface area (Å²) >= 11 is 0. The smallest absolute Gasteiger partial charge is 0.310 e. The van der Waals surface area contributed by atoms with Gasteiger partial charge in [-0.2, -0.15) is 5.10 Å². The maximum atomic E-state index is 13.1. The zero-order valence-corrected chi connectivity index (χ0v) is 18.1. The average molecular weight is 438 g/mol. The first-order valence-electron chi connectivity index (χ1n) is 9.99. The van der Waals surface area contributed by atoms with Crippen molar-refractivity contribution in [2.24, 2.45) is 5.10 Å². The number of benzene rings is 2. The highest BCUT2D eigenvalue weighted by Crippen LogP contribution is 2.35. The van der Waals surface area contributed by atoms with Crippen LogP contribution < -0.4 is 4.72 Å². The molecule has 0 fully saturated rings. The molecule has 0 bridgehead atoms. The molecule has 31 heavy (non-hydrogen) atoms. The Hall–Kier alpha value is -3.39. The Morgan fingerprint density at radius 1 is 1.13 bits per heavy atom. The highest BCUT2D eigenvalue weighted by atomic mass is 32.2. The second-order valence-electron chi connectivity index (χ2n) is 7.33. The average Bonchev–Trinajstić information content (AvgIpc) is 3.45. The van der Waals surface area contributed by atoms with Crippen LogP contribution in [0.4, 0.5) is 5.69 Å². The molecule has 7 nitrogen and oxygen atoms in total. The van der Waals surface area contributed by atoms with Crippen LogP contribution >= 0.6 is 0 Å². The van der Waals surface area contributed by atoms with Gasteiger partial charge in [0, 0.05) is 12.1 Å². The lowest BCUT2D eigenvalue weighted by Gasteiger charge is -2.22. The third-order valence-electron chi connectivity index (χ3n) is 5.27. The lowest BCUT2D eigenvalue weighted by molar-refractivity contribution is 0.0678. The molecule has 1 N–H and O–H groups in total. The van der Waals surface area contributed by atoms with Crippen molar-refractivity contribution in [1.82, 2.24) is 5.01 Å². The fraction of sp³-hybridized carbons (Fsp3) is 0.217. The molecule has 2 aromatic carbocycles. The van der Waals surface area contributed by atoms with Gasteiger partial charge in [-0.05, 0) is 54.8 Å². The molecule has 0 spiro atoms. The number of nitrogens with zero attached hydrogens (tertiary/aromatic N) is 2. The Kier molecular flexibility index (Phi) is 5.65. The SMILES string of the molecule is CCS(=O)(=O)Nc1ccc(C2=NN(C(=O)c3ccco3)C(c3ccccc3C)C2)cc1. The number of rotatable bonds is 6. The summed E-state index contributed by atoms with van der Waals surface area (Å²) in [6.07, 6.45) is 2.00. The van der Waals surface area contributed by atoms with Crippen molar-refractivity contribution in [1.29, 1.82) is 0 Å². The normalized spacial score (nSPS) is 16.3. The Bertz CT molecular complexity index is 1220. The van der Waals surface area contributed by atoms with Crippen LogP contribution in [0.25, 0.3) is 0 Å². The minimum absolute atomic E-state index is 0.00339. The van der Waals surface area contributed by atoms with E-state index in [1.807, 2.05) is 43.3 Å². The molecule has 1 aliphatic rings. The highest BCUT2D eigenvalue weighted by Gasteiger charge is 2.35. The van der Waals surface area contributed by atoms with Gasteiger partial charge in [0.15, 0.2) is 5.76 Å². The van der Waals surface area contributed by atoms with Crippen molar-refractivity contribution in [2.75, 3.05) is 10.5 Å². The third kappa shape index (κ3) is 4.39. The van der Waals surface area contributed by atoms with E-state index in [0.29, 0.717) is 12.1 Å². The molecule has 1 unspecified atom stereocenters. The topological polar surface area (TPSA) is 92.0 Å². The molecule has 3 aromatic rings. The minimum Gasteiger partial charge on any atom is -0.459 e. The van der Waals surface area contributed by atoms with Gasteiger partial charge in [-0.3, -0.25) is 9.52 Å². The van der Waals surface area contributed by atoms with Gasteiger partial charge in [0.1, 0.15) is 0 Å². The molecule has 0 saturated carbocycles. The van der Waals surface area contributed by atoms with Crippen LogP contribution in [0.3, 0.4) is 0 Å². The number of hydrazone groups is 1. The molecular formula is C23H23N3O4S. The molecule has 0 radical (unpaired) electrons. The summed E-state index contributed by atoms with van der Waals surface area (Å²) in [5.41, 5.74) is 4.16. The molecule has 0 saturated heterocycles. The van der Waals surface area contributed by atoms with E-state index >= 15 is 0 Å². The van der Waals surface area contributed by atoms with Gasteiger partial charge in [-0.25, -0.2) is 13.4 Å². The first-order valence-corrected chi connectivity index (χ1v) is 11.6. The summed E-state index contributed by atoms with van der Waals surface area (Å²) in [4.78, 5) is 13.1. The van der Waals surface area contributed by atoms with Crippen molar-refractivity contribution >= 4 is 27.3 Å². The quantitative estimate of drug-likeness (QED) is 0.621. The summed E-state index contributed by atoms with van der Waals surface area (Å²) < 4.78 is 31.4. The van der Waals surface area contributed by atoms with Gasteiger partial charge >= 0.3 is 5.91 Å². The molecule has 8 heteroatoms. The number of hydrogen-bond donors (Lipinski definition) is 1. The number of carbonyl (C=O) groups excluding carboxylic acids is 1. The molecule has 1 aromatic heterocycles. The van der Waals surface area contributed by atoms with Gasteiger partial charge in [-0.1, -0.05) is 36.4 Å².